The van der Waals surface area contributed by atoms with Gasteiger partial charge < -0.3 is 15.4 Å². The van der Waals surface area contributed by atoms with Crippen LogP contribution in [0.25, 0.3) is 0 Å². The first-order valence-electron chi connectivity index (χ1n) is 7.71. The highest BCUT2D eigenvalue weighted by Gasteiger charge is 2.16. The van der Waals surface area contributed by atoms with Crippen molar-refractivity contribution in [1.29, 1.82) is 0 Å². The molecule has 1 aromatic rings. The predicted molar refractivity (Wildman–Crippen MR) is 86.9 cm³/mol. The number of carbonyl (C=O) groups excluding carboxylic acids is 2. The minimum Gasteiger partial charge on any atom is -0.450 e. The van der Waals surface area contributed by atoms with Gasteiger partial charge in [0.25, 0.3) is 5.91 Å². The quantitative estimate of drug-likeness (QED) is 0.814. The van der Waals surface area contributed by atoms with E-state index in [1.165, 1.54) is 0 Å². The highest BCUT2D eigenvalue weighted by Crippen LogP contribution is 2.08. The lowest BCUT2D eigenvalue weighted by atomic mass is 10.0. The van der Waals surface area contributed by atoms with Crippen LogP contribution < -0.4 is 10.6 Å². The molecule has 0 bridgehead atoms. The van der Waals surface area contributed by atoms with E-state index in [4.69, 9.17) is 4.74 Å². The number of ether oxygens (including phenoxy) is 1. The Kier molecular flexibility index (Phi) is 7.43. The summed E-state index contributed by atoms with van der Waals surface area (Å²) in [6.45, 7) is 8.51. The van der Waals surface area contributed by atoms with Gasteiger partial charge in [0.2, 0.25) is 0 Å². The standard InChI is InChI=1S/C17H26N2O3/c1-5-22-17(21)19-14(10-12(2)3)11-18-16(20)15-9-7-6-8-13(15)4/h6-9,12,14H,5,10-11H2,1-4H3,(H,18,20)(H,19,21). The molecule has 0 heterocycles. The van der Waals surface area contributed by atoms with Crippen LogP contribution in [0.2, 0.25) is 0 Å². The average Bonchev–Trinajstić information content (AvgIpc) is 2.44. The Labute approximate surface area is 132 Å². The van der Waals surface area contributed by atoms with Gasteiger partial charge in [0.05, 0.1) is 6.61 Å². The zero-order valence-corrected chi connectivity index (χ0v) is 13.8. The van der Waals surface area contributed by atoms with Crippen molar-refractivity contribution in [2.24, 2.45) is 5.92 Å². The molecule has 0 saturated heterocycles. The molecule has 0 spiro atoms. The third-order valence-electron chi connectivity index (χ3n) is 3.25. The summed E-state index contributed by atoms with van der Waals surface area (Å²) in [5, 5.41) is 5.68. The van der Waals surface area contributed by atoms with Gasteiger partial charge in [-0.1, -0.05) is 32.0 Å². The van der Waals surface area contributed by atoms with Gasteiger partial charge in [-0.15, -0.1) is 0 Å². The molecule has 22 heavy (non-hydrogen) atoms. The number of benzene rings is 1. The summed E-state index contributed by atoms with van der Waals surface area (Å²) in [5.41, 5.74) is 1.58. The molecule has 0 aliphatic heterocycles. The smallest absolute Gasteiger partial charge is 0.407 e. The van der Waals surface area contributed by atoms with Crippen LogP contribution in [0.5, 0.6) is 0 Å². The number of nitrogens with one attached hydrogen (secondary N) is 2. The number of alkyl carbamates (subject to hydrolysis) is 1. The maximum absolute atomic E-state index is 12.2. The topological polar surface area (TPSA) is 67.4 Å². The van der Waals surface area contributed by atoms with Gasteiger partial charge in [-0.05, 0) is 37.8 Å². The molecule has 1 rings (SSSR count). The molecule has 122 valence electrons. The molecule has 5 nitrogen and oxygen atoms in total. The minimum absolute atomic E-state index is 0.127. The Balaban J connectivity index is 2.60. The summed E-state index contributed by atoms with van der Waals surface area (Å²) < 4.78 is 4.90. The molecular weight excluding hydrogens is 280 g/mol. The third-order valence-corrected chi connectivity index (χ3v) is 3.25. The third kappa shape index (κ3) is 6.16. The largest absolute Gasteiger partial charge is 0.450 e. The van der Waals surface area contributed by atoms with Crippen LogP contribution in [0, 0.1) is 12.8 Å². The van der Waals surface area contributed by atoms with Crippen molar-refractivity contribution in [3.63, 3.8) is 0 Å². The van der Waals surface area contributed by atoms with E-state index in [9.17, 15) is 9.59 Å². The lowest BCUT2D eigenvalue weighted by molar-refractivity contribution is 0.0944. The number of hydrogen-bond acceptors (Lipinski definition) is 3. The highest BCUT2D eigenvalue weighted by atomic mass is 16.5. The first kappa shape index (κ1) is 18.0. The molecule has 0 saturated carbocycles. The molecule has 1 aromatic carbocycles. The molecular formula is C17H26N2O3. The Morgan fingerprint density at radius 2 is 1.91 bits per heavy atom. The van der Waals surface area contributed by atoms with Crippen LogP contribution in [-0.2, 0) is 4.74 Å². The fraction of sp³-hybridized carbons (Fsp3) is 0.529. The number of amides is 2. The second-order valence-electron chi connectivity index (χ2n) is 5.72. The van der Waals surface area contributed by atoms with E-state index in [-0.39, 0.29) is 11.9 Å². The van der Waals surface area contributed by atoms with E-state index < -0.39 is 6.09 Å². The lowest BCUT2D eigenvalue weighted by Gasteiger charge is -2.21. The summed E-state index contributed by atoms with van der Waals surface area (Å²) in [6, 6.07) is 7.28. The molecule has 2 N–H and O–H groups in total. The van der Waals surface area contributed by atoms with Crippen molar-refractivity contribution in [1.82, 2.24) is 10.6 Å². The van der Waals surface area contributed by atoms with Gasteiger partial charge in [-0.3, -0.25) is 4.79 Å². The number of rotatable bonds is 7. The Hall–Kier alpha value is -2.04. The van der Waals surface area contributed by atoms with Crippen molar-refractivity contribution in [2.45, 2.75) is 40.2 Å². The molecule has 1 unspecified atom stereocenters. The van der Waals surface area contributed by atoms with Crippen LogP contribution in [0.4, 0.5) is 4.79 Å². The number of hydrogen-bond donors (Lipinski definition) is 2. The Morgan fingerprint density at radius 1 is 1.23 bits per heavy atom. The molecule has 0 radical (unpaired) electrons. The van der Waals surface area contributed by atoms with Gasteiger partial charge >= 0.3 is 6.09 Å². The molecule has 0 aliphatic rings. The molecule has 2 amide bonds. The van der Waals surface area contributed by atoms with Crippen LogP contribution in [0.15, 0.2) is 24.3 Å². The molecule has 1 atom stereocenters. The van der Waals surface area contributed by atoms with Crippen molar-refractivity contribution in [2.75, 3.05) is 13.2 Å². The fourth-order valence-corrected chi connectivity index (χ4v) is 2.24. The normalized spacial score (nSPS) is 11.9. The van der Waals surface area contributed by atoms with Crippen molar-refractivity contribution < 1.29 is 14.3 Å². The second-order valence-corrected chi connectivity index (χ2v) is 5.72. The van der Waals surface area contributed by atoms with E-state index in [0.717, 1.165) is 12.0 Å². The van der Waals surface area contributed by atoms with E-state index in [0.29, 0.717) is 24.6 Å². The van der Waals surface area contributed by atoms with Crippen LogP contribution in [-0.4, -0.2) is 31.2 Å². The molecule has 0 fully saturated rings. The summed E-state index contributed by atoms with van der Waals surface area (Å²) in [5.74, 6) is 0.278. The fourth-order valence-electron chi connectivity index (χ4n) is 2.24. The monoisotopic (exact) mass is 306 g/mol. The van der Waals surface area contributed by atoms with Crippen molar-refractivity contribution >= 4 is 12.0 Å². The molecule has 0 aliphatic carbocycles. The van der Waals surface area contributed by atoms with E-state index in [1.807, 2.05) is 25.1 Å². The summed E-state index contributed by atoms with van der Waals surface area (Å²) in [6.07, 6.45) is 0.325. The number of aryl methyl sites for hydroxylation is 1. The first-order chi connectivity index (χ1) is 10.4. The van der Waals surface area contributed by atoms with E-state index >= 15 is 0 Å². The number of carbonyl (C=O) groups is 2. The maximum Gasteiger partial charge on any atom is 0.407 e. The highest BCUT2D eigenvalue weighted by molar-refractivity contribution is 5.95. The van der Waals surface area contributed by atoms with Crippen molar-refractivity contribution in [3.05, 3.63) is 35.4 Å². The Bertz CT molecular complexity index is 500. The average molecular weight is 306 g/mol. The summed E-state index contributed by atoms with van der Waals surface area (Å²) >= 11 is 0. The SMILES string of the molecule is CCOC(=O)NC(CNC(=O)c1ccccc1C)CC(C)C. The second kappa shape index (κ2) is 9.07. The van der Waals surface area contributed by atoms with Crippen LogP contribution >= 0.6 is 0 Å². The molecule has 0 aromatic heterocycles. The predicted octanol–water partition coefficient (Wildman–Crippen LogP) is 2.89. The minimum atomic E-state index is -0.446. The van der Waals surface area contributed by atoms with Gasteiger partial charge in [-0.2, -0.15) is 0 Å². The van der Waals surface area contributed by atoms with E-state index in [2.05, 4.69) is 24.5 Å². The van der Waals surface area contributed by atoms with Crippen LogP contribution in [0.3, 0.4) is 0 Å². The first-order valence-corrected chi connectivity index (χ1v) is 7.71. The maximum atomic E-state index is 12.2. The lowest BCUT2D eigenvalue weighted by Crippen LogP contribution is -2.44. The zero-order valence-electron chi connectivity index (χ0n) is 13.8. The molecule has 5 heteroatoms. The van der Waals surface area contributed by atoms with Crippen LogP contribution in [0.1, 0.15) is 43.1 Å². The van der Waals surface area contributed by atoms with Gasteiger partial charge in [0, 0.05) is 18.2 Å². The summed E-state index contributed by atoms with van der Waals surface area (Å²) in [7, 11) is 0. The van der Waals surface area contributed by atoms with Crippen molar-refractivity contribution in [3.8, 4) is 0 Å². The Morgan fingerprint density at radius 3 is 2.50 bits per heavy atom. The van der Waals surface area contributed by atoms with E-state index in [1.54, 1.807) is 13.0 Å². The van der Waals surface area contributed by atoms with Gasteiger partial charge in [0.1, 0.15) is 0 Å². The zero-order chi connectivity index (χ0) is 16.5. The summed E-state index contributed by atoms with van der Waals surface area (Å²) in [4.78, 5) is 23.8. The van der Waals surface area contributed by atoms with Gasteiger partial charge in [-0.25, -0.2) is 4.79 Å². The van der Waals surface area contributed by atoms with Gasteiger partial charge in [0.15, 0.2) is 0 Å².